The van der Waals surface area contributed by atoms with E-state index in [1.54, 1.807) is 17.1 Å². The lowest BCUT2D eigenvalue weighted by molar-refractivity contribution is 0.648. The topological polar surface area (TPSA) is 43.6 Å². The monoisotopic (exact) mass is 270 g/mol. The zero-order valence-electron chi connectivity index (χ0n) is 9.18. The molecule has 6 heteroatoms. The number of aromatic nitrogens is 4. The summed E-state index contributed by atoms with van der Waals surface area (Å²) in [5.74, 6) is 0.642. The van der Waals surface area contributed by atoms with E-state index in [4.69, 9.17) is 23.2 Å². The van der Waals surface area contributed by atoms with Gasteiger partial charge in [0.2, 0.25) is 0 Å². The maximum atomic E-state index is 6.02. The van der Waals surface area contributed by atoms with Crippen LogP contribution in [0.3, 0.4) is 0 Å². The number of hydrogen-bond acceptors (Lipinski definition) is 3. The van der Waals surface area contributed by atoms with Gasteiger partial charge >= 0.3 is 0 Å². The van der Waals surface area contributed by atoms with Crippen LogP contribution in [0, 0.1) is 0 Å². The highest BCUT2D eigenvalue weighted by molar-refractivity contribution is 6.31. The lowest BCUT2D eigenvalue weighted by atomic mass is 10.2. The number of alkyl halides is 1. The summed E-state index contributed by atoms with van der Waals surface area (Å²) in [5, 5.41) is 8.77. The van der Waals surface area contributed by atoms with Gasteiger partial charge in [-0.2, -0.15) is 0 Å². The van der Waals surface area contributed by atoms with Gasteiger partial charge < -0.3 is 0 Å². The van der Waals surface area contributed by atoms with E-state index in [2.05, 4.69) is 15.3 Å². The summed E-state index contributed by atoms with van der Waals surface area (Å²) in [6, 6.07) is 1.88. The molecule has 0 aromatic carbocycles. The van der Waals surface area contributed by atoms with E-state index in [-0.39, 0.29) is 0 Å². The van der Waals surface area contributed by atoms with Crippen molar-refractivity contribution in [3.05, 3.63) is 40.9 Å². The molecule has 0 atom stereocenters. The molecule has 17 heavy (non-hydrogen) atoms. The summed E-state index contributed by atoms with van der Waals surface area (Å²) in [5.41, 5.74) is 1.94. The molecule has 0 fully saturated rings. The molecule has 0 N–H and O–H groups in total. The standard InChI is InChI=1S/C11H12Cl2N4/c12-4-1-2-10-8-17(16-15-10)7-9-3-5-14-6-11(9)13/h3,5-6,8H,1-2,4,7H2. The second-order valence-corrected chi connectivity index (χ2v) is 4.45. The molecular weight excluding hydrogens is 259 g/mol. The fraction of sp³-hybridized carbons (Fsp3) is 0.364. The molecule has 0 bridgehead atoms. The maximum Gasteiger partial charge on any atom is 0.0827 e. The summed E-state index contributed by atoms with van der Waals surface area (Å²) in [6.45, 7) is 0.606. The van der Waals surface area contributed by atoms with Crippen molar-refractivity contribution < 1.29 is 0 Å². The zero-order valence-corrected chi connectivity index (χ0v) is 10.7. The summed E-state index contributed by atoms with van der Waals surface area (Å²) < 4.78 is 1.77. The molecule has 0 spiro atoms. The second kappa shape index (κ2) is 5.98. The van der Waals surface area contributed by atoms with E-state index >= 15 is 0 Å². The van der Waals surface area contributed by atoms with Gasteiger partial charge in [0.1, 0.15) is 0 Å². The first kappa shape index (κ1) is 12.3. The molecule has 0 saturated carbocycles. The molecular formula is C11H12Cl2N4. The Kier molecular flexibility index (Phi) is 4.34. The minimum Gasteiger partial charge on any atom is -0.263 e. The van der Waals surface area contributed by atoms with Crippen LogP contribution in [0.1, 0.15) is 17.7 Å². The summed E-state index contributed by atoms with van der Waals surface area (Å²) in [7, 11) is 0. The van der Waals surface area contributed by atoms with Crippen molar-refractivity contribution in [3.63, 3.8) is 0 Å². The van der Waals surface area contributed by atoms with Crippen LogP contribution in [0.4, 0.5) is 0 Å². The van der Waals surface area contributed by atoms with Gasteiger partial charge in [-0.15, -0.1) is 16.7 Å². The van der Waals surface area contributed by atoms with Crippen LogP contribution >= 0.6 is 23.2 Å². The number of hydrogen-bond donors (Lipinski definition) is 0. The van der Waals surface area contributed by atoms with E-state index in [1.807, 2.05) is 12.3 Å². The van der Waals surface area contributed by atoms with Crippen molar-refractivity contribution in [3.8, 4) is 0 Å². The van der Waals surface area contributed by atoms with Gasteiger partial charge in [0.25, 0.3) is 0 Å². The third-order valence-corrected chi connectivity index (χ3v) is 2.95. The molecule has 4 nitrogen and oxygen atoms in total. The van der Waals surface area contributed by atoms with E-state index in [9.17, 15) is 0 Å². The van der Waals surface area contributed by atoms with Gasteiger partial charge in [-0.05, 0) is 24.5 Å². The Morgan fingerprint density at radius 2 is 2.24 bits per heavy atom. The minimum absolute atomic E-state index is 0.606. The van der Waals surface area contributed by atoms with Crippen LogP contribution in [0.15, 0.2) is 24.7 Å². The maximum absolute atomic E-state index is 6.02. The predicted octanol–water partition coefficient (Wildman–Crippen LogP) is 2.55. The normalized spacial score (nSPS) is 10.7. The molecule has 2 heterocycles. The molecule has 0 amide bonds. The molecule has 0 aliphatic carbocycles. The highest BCUT2D eigenvalue weighted by atomic mass is 35.5. The van der Waals surface area contributed by atoms with Crippen molar-refractivity contribution in [1.29, 1.82) is 0 Å². The fourth-order valence-electron chi connectivity index (χ4n) is 1.49. The van der Waals surface area contributed by atoms with Crippen LogP contribution in [-0.2, 0) is 13.0 Å². The highest BCUT2D eigenvalue weighted by Gasteiger charge is 2.04. The average Bonchev–Trinajstić information content (AvgIpc) is 2.77. The fourth-order valence-corrected chi connectivity index (χ4v) is 1.80. The largest absolute Gasteiger partial charge is 0.263 e. The molecule has 2 aromatic heterocycles. The Hall–Kier alpha value is -1.13. The third-order valence-electron chi connectivity index (χ3n) is 2.34. The molecule has 0 unspecified atom stereocenters. The van der Waals surface area contributed by atoms with Crippen LogP contribution in [-0.4, -0.2) is 25.9 Å². The van der Waals surface area contributed by atoms with Crippen LogP contribution < -0.4 is 0 Å². The second-order valence-electron chi connectivity index (χ2n) is 3.67. The first-order chi connectivity index (χ1) is 8.29. The number of halogens is 2. The Morgan fingerprint density at radius 1 is 1.35 bits per heavy atom. The van der Waals surface area contributed by atoms with E-state index in [1.165, 1.54) is 0 Å². The SMILES string of the molecule is ClCCCc1cn(Cc2ccncc2Cl)nn1. The number of rotatable bonds is 5. The Bertz CT molecular complexity index is 484. The molecule has 0 aliphatic rings. The van der Waals surface area contributed by atoms with Gasteiger partial charge in [-0.3, -0.25) is 4.98 Å². The third kappa shape index (κ3) is 3.41. The quantitative estimate of drug-likeness (QED) is 0.785. The van der Waals surface area contributed by atoms with E-state index in [0.717, 1.165) is 24.1 Å². The van der Waals surface area contributed by atoms with Gasteiger partial charge in [-0.25, -0.2) is 4.68 Å². The first-order valence-electron chi connectivity index (χ1n) is 5.33. The van der Waals surface area contributed by atoms with Gasteiger partial charge in [0, 0.05) is 24.5 Å². The van der Waals surface area contributed by atoms with Crippen molar-refractivity contribution in [2.75, 3.05) is 5.88 Å². The molecule has 0 saturated heterocycles. The van der Waals surface area contributed by atoms with E-state index < -0.39 is 0 Å². The Morgan fingerprint density at radius 3 is 3.00 bits per heavy atom. The highest BCUT2D eigenvalue weighted by Crippen LogP contribution is 2.14. The summed E-state index contributed by atoms with van der Waals surface area (Å²) >= 11 is 11.7. The van der Waals surface area contributed by atoms with Crippen molar-refractivity contribution >= 4 is 23.2 Å². The van der Waals surface area contributed by atoms with Crippen molar-refractivity contribution in [2.45, 2.75) is 19.4 Å². The van der Waals surface area contributed by atoms with Gasteiger partial charge in [0.05, 0.1) is 17.3 Å². The van der Waals surface area contributed by atoms with Gasteiger partial charge in [-0.1, -0.05) is 16.8 Å². The molecule has 0 aliphatic heterocycles. The molecule has 0 radical (unpaired) electrons. The Balaban J connectivity index is 2.04. The molecule has 90 valence electrons. The van der Waals surface area contributed by atoms with Crippen LogP contribution in [0.5, 0.6) is 0 Å². The van der Waals surface area contributed by atoms with E-state index in [0.29, 0.717) is 17.4 Å². The number of nitrogens with zero attached hydrogens (tertiary/aromatic N) is 4. The molecule has 2 rings (SSSR count). The first-order valence-corrected chi connectivity index (χ1v) is 6.24. The van der Waals surface area contributed by atoms with Crippen molar-refractivity contribution in [2.24, 2.45) is 0 Å². The van der Waals surface area contributed by atoms with Crippen LogP contribution in [0.25, 0.3) is 0 Å². The van der Waals surface area contributed by atoms with Gasteiger partial charge in [0.15, 0.2) is 0 Å². The Labute approximate surface area is 110 Å². The predicted molar refractivity (Wildman–Crippen MR) is 67.4 cm³/mol. The lowest BCUT2D eigenvalue weighted by Gasteiger charge is -2.02. The minimum atomic E-state index is 0.606. The lowest BCUT2D eigenvalue weighted by Crippen LogP contribution is -2.01. The number of aryl methyl sites for hydroxylation is 1. The van der Waals surface area contributed by atoms with Crippen LogP contribution in [0.2, 0.25) is 5.02 Å². The zero-order chi connectivity index (χ0) is 12.1. The smallest absolute Gasteiger partial charge is 0.0827 e. The van der Waals surface area contributed by atoms with Crippen molar-refractivity contribution in [1.82, 2.24) is 20.0 Å². The summed E-state index contributed by atoms with van der Waals surface area (Å²) in [6.07, 6.45) is 7.03. The summed E-state index contributed by atoms with van der Waals surface area (Å²) in [4.78, 5) is 3.94. The average molecular weight is 271 g/mol. The number of pyridine rings is 1. The molecule has 2 aromatic rings.